The minimum atomic E-state index is -0.138. The van der Waals surface area contributed by atoms with Gasteiger partial charge in [-0.1, -0.05) is 12.1 Å². The molecule has 0 fully saturated rings. The molecule has 2 rings (SSSR count). The van der Waals surface area contributed by atoms with Crippen LogP contribution in [0.5, 0.6) is 5.75 Å². The number of benzene rings is 2. The number of aryl methyl sites for hydroxylation is 1. The Balaban J connectivity index is 2.20. The van der Waals surface area contributed by atoms with E-state index in [2.05, 4.69) is 27.9 Å². The molecule has 0 spiro atoms. The Labute approximate surface area is 126 Å². The maximum absolute atomic E-state index is 12.1. The van der Waals surface area contributed by atoms with Crippen LogP contribution in [0.15, 0.2) is 42.5 Å². The van der Waals surface area contributed by atoms with Crippen LogP contribution in [-0.2, 0) is 0 Å². The third-order valence-corrected chi connectivity index (χ3v) is 3.60. The largest absolute Gasteiger partial charge is 0.497 e. The summed E-state index contributed by atoms with van der Waals surface area (Å²) < 4.78 is 6.14. The molecule has 0 bridgehead atoms. The summed E-state index contributed by atoms with van der Waals surface area (Å²) >= 11 is 2.21. The van der Waals surface area contributed by atoms with E-state index >= 15 is 0 Å². The first-order valence-corrected chi connectivity index (χ1v) is 6.89. The van der Waals surface area contributed by atoms with Crippen LogP contribution in [0.25, 0.3) is 0 Å². The Morgan fingerprint density at radius 1 is 1.21 bits per heavy atom. The number of methoxy groups -OCH3 is 1. The molecule has 4 heteroatoms. The van der Waals surface area contributed by atoms with Gasteiger partial charge in [0.1, 0.15) is 5.75 Å². The van der Waals surface area contributed by atoms with Crippen LogP contribution >= 0.6 is 22.6 Å². The van der Waals surface area contributed by atoms with Gasteiger partial charge in [-0.05, 0) is 65.4 Å². The van der Waals surface area contributed by atoms with Gasteiger partial charge in [-0.15, -0.1) is 0 Å². The van der Waals surface area contributed by atoms with E-state index in [4.69, 9.17) is 4.74 Å². The number of ether oxygens (including phenoxy) is 1. The van der Waals surface area contributed by atoms with Gasteiger partial charge in [0, 0.05) is 9.13 Å². The van der Waals surface area contributed by atoms with Crippen molar-refractivity contribution in [3.05, 3.63) is 57.2 Å². The highest BCUT2D eigenvalue weighted by molar-refractivity contribution is 14.1. The number of amides is 1. The van der Waals surface area contributed by atoms with Gasteiger partial charge in [-0.25, -0.2) is 0 Å². The molecule has 98 valence electrons. The predicted octanol–water partition coefficient (Wildman–Crippen LogP) is 3.86. The van der Waals surface area contributed by atoms with Gasteiger partial charge in [0.2, 0.25) is 0 Å². The fraction of sp³-hybridized carbons (Fsp3) is 0.133. The predicted molar refractivity (Wildman–Crippen MR) is 84.8 cm³/mol. The summed E-state index contributed by atoms with van der Waals surface area (Å²) in [5.41, 5.74) is 2.57. The number of halogens is 1. The Morgan fingerprint density at radius 3 is 2.68 bits per heavy atom. The number of rotatable bonds is 3. The molecule has 0 aliphatic heterocycles. The summed E-state index contributed by atoms with van der Waals surface area (Å²) in [6.45, 7) is 2.02. The number of nitrogens with one attached hydrogen (secondary N) is 1. The number of hydrogen-bond donors (Lipinski definition) is 1. The molecule has 1 amide bonds. The zero-order valence-corrected chi connectivity index (χ0v) is 12.9. The van der Waals surface area contributed by atoms with Crippen molar-refractivity contribution < 1.29 is 9.53 Å². The summed E-state index contributed by atoms with van der Waals surface area (Å²) in [5.74, 6) is 0.534. The van der Waals surface area contributed by atoms with E-state index in [1.165, 1.54) is 5.56 Å². The summed E-state index contributed by atoms with van der Waals surface area (Å²) in [5, 5.41) is 2.90. The van der Waals surface area contributed by atoms with Crippen LogP contribution in [0.4, 0.5) is 5.69 Å². The smallest absolute Gasteiger partial charge is 0.255 e. The van der Waals surface area contributed by atoms with Crippen LogP contribution in [0.1, 0.15) is 15.9 Å². The monoisotopic (exact) mass is 367 g/mol. The third kappa shape index (κ3) is 3.47. The van der Waals surface area contributed by atoms with Crippen LogP contribution in [-0.4, -0.2) is 13.0 Å². The van der Waals surface area contributed by atoms with Crippen molar-refractivity contribution in [2.75, 3.05) is 12.4 Å². The van der Waals surface area contributed by atoms with Crippen molar-refractivity contribution in [1.29, 1.82) is 0 Å². The first kappa shape index (κ1) is 13.9. The Hall–Kier alpha value is -1.56. The molecule has 0 heterocycles. The van der Waals surface area contributed by atoms with Crippen molar-refractivity contribution in [3.63, 3.8) is 0 Å². The first-order valence-electron chi connectivity index (χ1n) is 5.81. The summed E-state index contributed by atoms with van der Waals surface area (Å²) in [6, 6.07) is 13.0. The van der Waals surface area contributed by atoms with Gasteiger partial charge in [0.25, 0.3) is 5.91 Å². The second kappa shape index (κ2) is 6.06. The van der Waals surface area contributed by atoms with Crippen LogP contribution in [0.3, 0.4) is 0 Å². The van der Waals surface area contributed by atoms with Crippen molar-refractivity contribution >= 4 is 34.2 Å². The van der Waals surface area contributed by atoms with Gasteiger partial charge in [0.15, 0.2) is 0 Å². The molecule has 19 heavy (non-hydrogen) atoms. The van der Waals surface area contributed by atoms with E-state index in [0.717, 1.165) is 9.26 Å². The Kier molecular flexibility index (Phi) is 4.42. The lowest BCUT2D eigenvalue weighted by Gasteiger charge is -2.09. The van der Waals surface area contributed by atoms with Crippen molar-refractivity contribution in [2.45, 2.75) is 6.92 Å². The van der Waals surface area contributed by atoms with Crippen LogP contribution in [0, 0.1) is 10.5 Å². The maximum atomic E-state index is 12.1. The van der Waals surface area contributed by atoms with Crippen LogP contribution < -0.4 is 10.1 Å². The van der Waals surface area contributed by atoms with Crippen molar-refractivity contribution in [1.82, 2.24) is 0 Å². The van der Waals surface area contributed by atoms with Crippen molar-refractivity contribution in [3.8, 4) is 5.75 Å². The molecule has 0 aliphatic carbocycles. The SMILES string of the molecule is COc1cccc(C(=O)Nc2ccc(C)cc2I)c1. The lowest BCUT2D eigenvalue weighted by Crippen LogP contribution is -2.12. The Bertz CT molecular complexity index is 611. The highest BCUT2D eigenvalue weighted by Crippen LogP contribution is 2.21. The first-order chi connectivity index (χ1) is 9.10. The molecule has 1 N–H and O–H groups in total. The number of anilines is 1. The standard InChI is InChI=1S/C15H14INO2/c1-10-6-7-14(13(16)8-10)17-15(18)11-4-3-5-12(9-11)19-2/h3-9H,1-2H3,(H,17,18). The van der Waals surface area contributed by atoms with E-state index in [-0.39, 0.29) is 5.91 Å². The lowest BCUT2D eigenvalue weighted by atomic mass is 10.2. The van der Waals surface area contributed by atoms with E-state index in [1.54, 1.807) is 25.3 Å². The van der Waals surface area contributed by atoms with E-state index in [0.29, 0.717) is 11.3 Å². The fourth-order valence-corrected chi connectivity index (χ4v) is 2.49. The minimum Gasteiger partial charge on any atom is -0.497 e. The fourth-order valence-electron chi connectivity index (χ4n) is 1.68. The average molecular weight is 367 g/mol. The molecule has 0 saturated heterocycles. The number of hydrogen-bond acceptors (Lipinski definition) is 2. The highest BCUT2D eigenvalue weighted by atomic mass is 127. The molecule has 0 atom stereocenters. The van der Waals surface area contributed by atoms with Crippen molar-refractivity contribution in [2.24, 2.45) is 0 Å². The zero-order chi connectivity index (χ0) is 13.8. The number of carbonyl (C=O) groups excluding carboxylic acids is 1. The molecule has 0 aliphatic rings. The molecule has 0 saturated carbocycles. The summed E-state index contributed by atoms with van der Waals surface area (Å²) in [6.07, 6.45) is 0. The maximum Gasteiger partial charge on any atom is 0.255 e. The van der Waals surface area contributed by atoms with Gasteiger partial charge < -0.3 is 10.1 Å². The molecule has 0 unspecified atom stereocenters. The zero-order valence-electron chi connectivity index (χ0n) is 10.7. The van der Waals surface area contributed by atoms with Gasteiger partial charge in [0.05, 0.1) is 12.8 Å². The van der Waals surface area contributed by atoms with E-state index < -0.39 is 0 Å². The topological polar surface area (TPSA) is 38.3 Å². The second-order valence-electron chi connectivity index (χ2n) is 4.17. The second-order valence-corrected chi connectivity index (χ2v) is 5.33. The molecular weight excluding hydrogens is 353 g/mol. The molecular formula is C15H14INO2. The normalized spacial score (nSPS) is 10.1. The van der Waals surface area contributed by atoms with Crippen LogP contribution in [0.2, 0.25) is 0 Å². The molecule has 3 nitrogen and oxygen atoms in total. The van der Waals surface area contributed by atoms with Gasteiger partial charge in [-0.3, -0.25) is 4.79 Å². The van der Waals surface area contributed by atoms with E-state index in [9.17, 15) is 4.79 Å². The lowest BCUT2D eigenvalue weighted by molar-refractivity contribution is 0.102. The Morgan fingerprint density at radius 2 is 2.00 bits per heavy atom. The molecule has 0 radical (unpaired) electrons. The minimum absolute atomic E-state index is 0.138. The van der Waals surface area contributed by atoms with Gasteiger partial charge >= 0.3 is 0 Å². The number of carbonyl (C=O) groups is 1. The molecule has 2 aromatic carbocycles. The average Bonchev–Trinajstić information content (AvgIpc) is 2.42. The molecule has 2 aromatic rings. The quantitative estimate of drug-likeness (QED) is 0.837. The summed E-state index contributed by atoms with van der Waals surface area (Å²) in [4.78, 5) is 12.1. The molecule has 0 aromatic heterocycles. The van der Waals surface area contributed by atoms with E-state index in [1.807, 2.05) is 31.2 Å². The highest BCUT2D eigenvalue weighted by Gasteiger charge is 2.09. The van der Waals surface area contributed by atoms with Gasteiger partial charge in [-0.2, -0.15) is 0 Å². The summed E-state index contributed by atoms with van der Waals surface area (Å²) in [7, 11) is 1.58. The third-order valence-electron chi connectivity index (χ3n) is 2.70.